The molecule has 0 spiro atoms. The van der Waals surface area contributed by atoms with Crippen LogP contribution in [-0.2, 0) is 19.1 Å². The van der Waals surface area contributed by atoms with Crippen molar-refractivity contribution >= 4 is 28.9 Å². The molecule has 3 aromatic rings. The number of ether oxygens (including phenoxy) is 2. The van der Waals surface area contributed by atoms with Crippen LogP contribution in [0.2, 0.25) is 0 Å². The van der Waals surface area contributed by atoms with Crippen LogP contribution in [0.5, 0.6) is 0 Å². The summed E-state index contributed by atoms with van der Waals surface area (Å²) in [5.74, 6) is -1.61. The zero-order valence-corrected chi connectivity index (χ0v) is 22.8. The van der Waals surface area contributed by atoms with E-state index in [4.69, 9.17) is 9.47 Å². The molecule has 2 aliphatic rings. The molecule has 0 aliphatic carbocycles. The SMILES string of the molecule is CCCCOC1CC2(C(=O)c3ccc(C)cc3)C(=C(c3ccc(C)cc3)O1)C(=O)C(=O)N2c1ccc(C)cc1. The van der Waals surface area contributed by atoms with Gasteiger partial charge in [0.2, 0.25) is 6.29 Å². The molecule has 0 N–H and O–H groups in total. The molecule has 2 heterocycles. The van der Waals surface area contributed by atoms with Crippen molar-refractivity contribution in [2.45, 2.75) is 58.8 Å². The Labute approximate surface area is 229 Å². The fraction of sp³-hybridized carbons (Fsp3) is 0.303. The van der Waals surface area contributed by atoms with E-state index in [1.165, 1.54) is 4.90 Å². The van der Waals surface area contributed by atoms with E-state index in [1.54, 1.807) is 24.3 Å². The lowest BCUT2D eigenvalue weighted by Gasteiger charge is -2.43. The van der Waals surface area contributed by atoms with E-state index in [0.29, 0.717) is 23.4 Å². The summed E-state index contributed by atoms with van der Waals surface area (Å²) in [6.45, 7) is 8.35. The minimum Gasteiger partial charge on any atom is -0.464 e. The predicted octanol–water partition coefficient (Wildman–Crippen LogP) is 6.12. The molecule has 0 aromatic heterocycles. The first-order chi connectivity index (χ1) is 18.8. The van der Waals surface area contributed by atoms with Gasteiger partial charge in [0.25, 0.3) is 11.7 Å². The van der Waals surface area contributed by atoms with Gasteiger partial charge in [-0.1, -0.05) is 90.7 Å². The number of hydrogen-bond acceptors (Lipinski definition) is 5. The quantitative estimate of drug-likeness (QED) is 0.202. The third-order valence-corrected chi connectivity index (χ3v) is 7.46. The van der Waals surface area contributed by atoms with E-state index in [2.05, 4.69) is 6.92 Å². The Kier molecular flexibility index (Phi) is 7.23. The Morgan fingerprint density at radius 1 is 0.897 bits per heavy atom. The van der Waals surface area contributed by atoms with Crippen molar-refractivity contribution in [3.8, 4) is 0 Å². The molecule has 1 saturated heterocycles. The van der Waals surface area contributed by atoms with Crippen molar-refractivity contribution in [2.75, 3.05) is 11.5 Å². The van der Waals surface area contributed by atoms with Crippen LogP contribution in [0.4, 0.5) is 5.69 Å². The van der Waals surface area contributed by atoms with E-state index >= 15 is 0 Å². The molecule has 5 rings (SSSR count). The van der Waals surface area contributed by atoms with E-state index < -0.39 is 23.5 Å². The number of carbonyl (C=O) groups is 3. The monoisotopic (exact) mass is 523 g/mol. The van der Waals surface area contributed by atoms with Crippen LogP contribution >= 0.6 is 0 Å². The topological polar surface area (TPSA) is 72.9 Å². The molecule has 0 saturated carbocycles. The minimum absolute atomic E-state index is 0.000521. The highest BCUT2D eigenvalue weighted by Crippen LogP contribution is 2.50. The van der Waals surface area contributed by atoms with E-state index in [1.807, 2.05) is 69.3 Å². The molecule has 0 bridgehead atoms. The second-order valence-electron chi connectivity index (χ2n) is 10.4. The Morgan fingerprint density at radius 3 is 2.05 bits per heavy atom. The maximum Gasteiger partial charge on any atom is 0.300 e. The van der Waals surface area contributed by atoms with Gasteiger partial charge < -0.3 is 9.47 Å². The Morgan fingerprint density at radius 2 is 1.46 bits per heavy atom. The van der Waals surface area contributed by atoms with Gasteiger partial charge in [0.1, 0.15) is 11.3 Å². The van der Waals surface area contributed by atoms with Crippen LogP contribution in [0.1, 0.15) is 58.8 Å². The highest BCUT2D eigenvalue weighted by molar-refractivity contribution is 6.55. The van der Waals surface area contributed by atoms with Crippen LogP contribution < -0.4 is 4.90 Å². The second kappa shape index (κ2) is 10.6. The molecule has 200 valence electrons. The smallest absolute Gasteiger partial charge is 0.300 e. The van der Waals surface area contributed by atoms with E-state index in [0.717, 1.165) is 29.5 Å². The van der Waals surface area contributed by atoms with Crippen molar-refractivity contribution in [2.24, 2.45) is 0 Å². The lowest BCUT2D eigenvalue weighted by molar-refractivity contribution is -0.132. The van der Waals surface area contributed by atoms with Crippen LogP contribution in [0.25, 0.3) is 5.76 Å². The van der Waals surface area contributed by atoms with E-state index in [9.17, 15) is 14.4 Å². The minimum atomic E-state index is -1.63. The maximum absolute atomic E-state index is 14.7. The molecule has 2 aliphatic heterocycles. The number of amides is 1. The molecule has 39 heavy (non-hydrogen) atoms. The van der Waals surface area contributed by atoms with Gasteiger partial charge in [-0.15, -0.1) is 0 Å². The molecule has 2 atom stereocenters. The molecular weight excluding hydrogens is 490 g/mol. The summed E-state index contributed by atoms with van der Waals surface area (Å²) in [5.41, 5.74) is 2.98. The van der Waals surface area contributed by atoms with Crippen molar-refractivity contribution < 1.29 is 23.9 Å². The number of benzene rings is 3. The molecule has 3 aromatic carbocycles. The summed E-state index contributed by atoms with van der Waals surface area (Å²) in [4.78, 5) is 43.8. The molecular formula is C33H33NO5. The van der Waals surface area contributed by atoms with Gasteiger partial charge in [-0.05, 0) is 39.3 Å². The fourth-order valence-electron chi connectivity index (χ4n) is 5.29. The van der Waals surface area contributed by atoms with Crippen molar-refractivity contribution in [1.82, 2.24) is 0 Å². The lowest BCUT2D eigenvalue weighted by atomic mass is 9.76. The van der Waals surface area contributed by atoms with Crippen LogP contribution in [0.15, 0.2) is 78.4 Å². The van der Waals surface area contributed by atoms with Gasteiger partial charge in [-0.25, -0.2) is 0 Å². The summed E-state index contributed by atoms with van der Waals surface area (Å²) in [5, 5.41) is 0. The predicted molar refractivity (Wildman–Crippen MR) is 150 cm³/mol. The summed E-state index contributed by atoms with van der Waals surface area (Å²) < 4.78 is 12.5. The Balaban J connectivity index is 1.79. The van der Waals surface area contributed by atoms with Gasteiger partial charge in [-0.2, -0.15) is 0 Å². The number of unbranched alkanes of at least 4 members (excludes halogenated alkanes) is 1. The van der Waals surface area contributed by atoms with Gasteiger partial charge in [0.15, 0.2) is 5.78 Å². The van der Waals surface area contributed by atoms with Crippen molar-refractivity contribution in [1.29, 1.82) is 0 Å². The molecule has 2 unspecified atom stereocenters. The number of nitrogens with zero attached hydrogens (tertiary/aromatic N) is 1. The first kappa shape index (κ1) is 26.6. The van der Waals surface area contributed by atoms with Gasteiger partial charge in [-0.3, -0.25) is 19.3 Å². The first-order valence-corrected chi connectivity index (χ1v) is 13.4. The second-order valence-corrected chi connectivity index (χ2v) is 10.4. The molecule has 6 nitrogen and oxygen atoms in total. The number of Topliss-reactive ketones (excluding diaryl/α,β-unsaturated/α-hetero) is 2. The van der Waals surface area contributed by atoms with Crippen LogP contribution in [0, 0.1) is 20.8 Å². The average molecular weight is 524 g/mol. The number of fused-ring (bicyclic) bond motifs is 1. The van der Waals surface area contributed by atoms with Gasteiger partial charge in [0.05, 0.1) is 12.2 Å². The first-order valence-electron chi connectivity index (χ1n) is 13.4. The Bertz CT molecular complexity index is 1440. The average Bonchev–Trinajstić information content (AvgIpc) is 3.16. The highest BCUT2D eigenvalue weighted by Gasteiger charge is 2.64. The van der Waals surface area contributed by atoms with Crippen molar-refractivity contribution in [3.05, 3.63) is 106 Å². The summed E-state index contributed by atoms with van der Waals surface area (Å²) in [6.07, 6.45) is 0.907. The van der Waals surface area contributed by atoms with Crippen LogP contribution in [-0.4, -0.2) is 35.9 Å². The maximum atomic E-state index is 14.7. The summed E-state index contributed by atoms with van der Waals surface area (Å²) in [6, 6.07) is 22.0. The number of hydrogen-bond donors (Lipinski definition) is 0. The van der Waals surface area contributed by atoms with E-state index in [-0.39, 0.29) is 23.5 Å². The van der Waals surface area contributed by atoms with Gasteiger partial charge >= 0.3 is 0 Å². The zero-order chi connectivity index (χ0) is 27.7. The third-order valence-electron chi connectivity index (χ3n) is 7.46. The fourth-order valence-corrected chi connectivity index (χ4v) is 5.29. The van der Waals surface area contributed by atoms with Gasteiger partial charge in [0, 0.05) is 23.2 Å². The normalized spacial score (nSPS) is 20.7. The number of anilines is 1. The van der Waals surface area contributed by atoms with Crippen LogP contribution in [0.3, 0.4) is 0 Å². The summed E-state index contributed by atoms with van der Waals surface area (Å²) in [7, 11) is 0. The number of rotatable bonds is 8. The molecule has 1 fully saturated rings. The third kappa shape index (κ3) is 4.70. The zero-order valence-electron chi connectivity index (χ0n) is 22.8. The molecule has 0 radical (unpaired) electrons. The number of ketones is 2. The molecule has 6 heteroatoms. The highest BCUT2D eigenvalue weighted by atomic mass is 16.7. The lowest BCUT2D eigenvalue weighted by Crippen LogP contribution is -2.57. The molecule has 1 amide bonds. The standard InChI is InChI=1S/C33H33NO5/c1-5-6-19-38-27-20-33(31(36)25-15-9-22(3)10-16-25)28(30(39-27)24-13-7-21(2)8-14-24)29(35)32(37)34(33)26-17-11-23(4)12-18-26/h7-18,27H,5-6,19-20H2,1-4H3. The van der Waals surface area contributed by atoms with Crippen molar-refractivity contribution in [3.63, 3.8) is 0 Å². The summed E-state index contributed by atoms with van der Waals surface area (Å²) >= 11 is 0. The number of aryl methyl sites for hydroxylation is 3. The largest absolute Gasteiger partial charge is 0.464 e. The number of carbonyl (C=O) groups excluding carboxylic acids is 3. The Hall–Kier alpha value is -4.03.